The van der Waals surface area contributed by atoms with Gasteiger partial charge >= 0.3 is 6.03 Å². The second-order valence-electron chi connectivity index (χ2n) is 1.71. The van der Waals surface area contributed by atoms with Crippen LogP contribution < -0.4 is 16.6 Å². The summed E-state index contributed by atoms with van der Waals surface area (Å²) in [6.07, 6.45) is 2.89. The fraction of sp³-hybridized carbons (Fsp3) is 0. The van der Waals surface area contributed by atoms with E-state index >= 15 is 0 Å². The molecule has 0 atom stereocenters. The normalized spacial score (nSPS) is 8.00. The number of nitrogens with zero attached hydrogens (tertiary/aromatic N) is 2. The molecule has 1 heterocycles. The lowest BCUT2D eigenvalue weighted by molar-refractivity contribution is 0.250. The van der Waals surface area contributed by atoms with Crippen molar-refractivity contribution in [1.82, 2.24) is 15.4 Å². The number of carbonyl (C=O) groups excluding carboxylic acids is 1. The summed E-state index contributed by atoms with van der Waals surface area (Å²) in [5.41, 5.74) is 9.41. The monoisotopic (exact) mass is 189 g/mol. The maximum absolute atomic E-state index is 10.2. The van der Waals surface area contributed by atoms with Crippen molar-refractivity contribution < 1.29 is 4.79 Å². The molecule has 0 aliphatic rings. The number of anilines is 1. The van der Waals surface area contributed by atoms with Crippen LogP contribution in [0.3, 0.4) is 0 Å². The van der Waals surface area contributed by atoms with Gasteiger partial charge in [-0.25, -0.2) is 14.8 Å². The van der Waals surface area contributed by atoms with E-state index in [4.69, 9.17) is 5.73 Å². The first-order valence-electron chi connectivity index (χ1n) is 2.86. The Kier molecular flexibility index (Phi) is 4.47. The van der Waals surface area contributed by atoms with Gasteiger partial charge in [0.15, 0.2) is 0 Å². The molecule has 1 rings (SSSR count). The fourth-order valence-corrected chi connectivity index (χ4v) is 0.490. The number of hydrogen-bond acceptors (Lipinski definition) is 4. The Bertz CT molecular complexity index is 241. The Morgan fingerprint density at radius 3 is 2.83 bits per heavy atom. The zero-order chi connectivity index (χ0) is 8.10. The van der Waals surface area contributed by atoms with Gasteiger partial charge in [0, 0.05) is 12.3 Å². The lowest BCUT2D eigenvalue weighted by atomic mass is 10.6. The van der Waals surface area contributed by atoms with Crippen molar-refractivity contribution in [3.05, 3.63) is 18.6 Å². The molecule has 4 N–H and O–H groups in total. The summed E-state index contributed by atoms with van der Waals surface area (Å²) in [4.78, 5) is 17.6. The molecule has 0 saturated heterocycles. The Morgan fingerprint density at radius 2 is 2.33 bits per heavy atom. The minimum absolute atomic E-state index is 0. The first-order chi connectivity index (χ1) is 5.29. The number of rotatable bonds is 2. The van der Waals surface area contributed by atoms with Gasteiger partial charge in [-0.15, -0.1) is 12.4 Å². The Balaban J connectivity index is 0.00000121. The molecule has 66 valence electrons. The number of hydrazine groups is 1. The number of nitrogens with one attached hydrogen (secondary N) is 2. The lowest BCUT2D eigenvalue weighted by Gasteiger charge is -2.02. The van der Waals surface area contributed by atoms with Gasteiger partial charge in [0.25, 0.3) is 0 Å². The molecule has 7 heteroatoms. The average molecular weight is 190 g/mol. The van der Waals surface area contributed by atoms with Crippen molar-refractivity contribution in [3.63, 3.8) is 0 Å². The van der Waals surface area contributed by atoms with Crippen molar-refractivity contribution in [1.29, 1.82) is 0 Å². The second-order valence-corrected chi connectivity index (χ2v) is 1.71. The van der Waals surface area contributed by atoms with Crippen LogP contribution in [0, 0.1) is 0 Å². The molecular weight excluding hydrogens is 182 g/mol. The van der Waals surface area contributed by atoms with Crippen molar-refractivity contribution in [2.75, 3.05) is 5.43 Å². The van der Waals surface area contributed by atoms with Crippen molar-refractivity contribution in [3.8, 4) is 0 Å². The molecule has 0 aliphatic carbocycles. The minimum Gasteiger partial charge on any atom is -0.350 e. The van der Waals surface area contributed by atoms with Crippen LogP contribution in [-0.4, -0.2) is 16.0 Å². The van der Waals surface area contributed by atoms with Gasteiger partial charge in [0.2, 0.25) is 0 Å². The van der Waals surface area contributed by atoms with E-state index in [9.17, 15) is 4.79 Å². The third-order valence-corrected chi connectivity index (χ3v) is 0.896. The van der Waals surface area contributed by atoms with Gasteiger partial charge < -0.3 is 5.73 Å². The SMILES string of the molecule is Cl.NC(=O)NNc1ccncn1. The molecule has 0 spiro atoms. The zero-order valence-electron chi connectivity index (χ0n) is 6.02. The molecule has 0 bridgehead atoms. The quantitative estimate of drug-likeness (QED) is 0.566. The van der Waals surface area contributed by atoms with E-state index in [2.05, 4.69) is 20.8 Å². The van der Waals surface area contributed by atoms with Crippen LogP contribution in [0.1, 0.15) is 0 Å². The van der Waals surface area contributed by atoms with Crippen molar-refractivity contribution in [2.45, 2.75) is 0 Å². The maximum atomic E-state index is 10.2. The standard InChI is InChI=1S/C5H7N5O.ClH/c6-5(11)10-9-4-1-2-7-3-8-4;/h1-3H,(H3,6,10,11)(H,7,8,9);1H. The summed E-state index contributed by atoms with van der Waals surface area (Å²) in [5, 5.41) is 0. The van der Waals surface area contributed by atoms with E-state index in [0.717, 1.165) is 0 Å². The minimum atomic E-state index is -0.663. The summed E-state index contributed by atoms with van der Waals surface area (Å²) in [6, 6.07) is 0.930. The number of halogens is 1. The topological polar surface area (TPSA) is 92.9 Å². The van der Waals surface area contributed by atoms with E-state index < -0.39 is 6.03 Å². The van der Waals surface area contributed by atoms with E-state index in [0.29, 0.717) is 5.82 Å². The first-order valence-corrected chi connectivity index (χ1v) is 2.86. The van der Waals surface area contributed by atoms with Gasteiger partial charge in [0.05, 0.1) is 0 Å². The highest BCUT2D eigenvalue weighted by Gasteiger charge is 1.91. The van der Waals surface area contributed by atoms with E-state index in [1.165, 1.54) is 12.5 Å². The molecule has 0 aromatic carbocycles. The number of amides is 2. The molecule has 6 nitrogen and oxygen atoms in total. The summed E-state index contributed by atoms with van der Waals surface area (Å²) in [5.74, 6) is 0.485. The van der Waals surface area contributed by atoms with Gasteiger partial charge in [-0.1, -0.05) is 0 Å². The molecule has 12 heavy (non-hydrogen) atoms. The highest BCUT2D eigenvalue weighted by molar-refractivity contribution is 5.85. The molecular formula is C5H8ClN5O. The van der Waals surface area contributed by atoms with E-state index in [-0.39, 0.29) is 12.4 Å². The predicted octanol–water partition coefficient (Wildman–Crippen LogP) is -0.106. The lowest BCUT2D eigenvalue weighted by Crippen LogP contribution is -2.34. The predicted molar refractivity (Wildman–Crippen MR) is 45.6 cm³/mol. The van der Waals surface area contributed by atoms with Crippen LogP contribution in [0.15, 0.2) is 18.6 Å². The molecule has 0 aliphatic heterocycles. The number of aromatic nitrogens is 2. The van der Waals surface area contributed by atoms with E-state index in [1.807, 2.05) is 0 Å². The third-order valence-electron chi connectivity index (χ3n) is 0.896. The molecule has 0 saturated carbocycles. The van der Waals surface area contributed by atoms with Crippen LogP contribution in [0.4, 0.5) is 10.6 Å². The van der Waals surface area contributed by atoms with Gasteiger partial charge in [-0.3, -0.25) is 10.9 Å². The molecule has 1 aromatic rings. The summed E-state index contributed by atoms with van der Waals surface area (Å²) >= 11 is 0. The average Bonchev–Trinajstić information content (AvgIpc) is 2.03. The number of urea groups is 1. The number of nitrogens with two attached hydrogens (primary N) is 1. The van der Waals surface area contributed by atoms with Crippen LogP contribution in [0.5, 0.6) is 0 Å². The smallest absolute Gasteiger partial charge is 0.330 e. The Morgan fingerprint density at radius 1 is 1.58 bits per heavy atom. The Hall–Kier alpha value is -1.56. The van der Waals surface area contributed by atoms with Gasteiger partial charge in [-0.05, 0) is 0 Å². The van der Waals surface area contributed by atoms with Crippen molar-refractivity contribution >= 4 is 24.3 Å². The maximum Gasteiger partial charge on any atom is 0.330 e. The largest absolute Gasteiger partial charge is 0.350 e. The number of hydrogen-bond donors (Lipinski definition) is 3. The zero-order valence-corrected chi connectivity index (χ0v) is 6.84. The summed E-state index contributed by atoms with van der Waals surface area (Å²) in [6.45, 7) is 0. The second kappa shape index (κ2) is 5.14. The van der Waals surface area contributed by atoms with Crippen LogP contribution in [0.2, 0.25) is 0 Å². The summed E-state index contributed by atoms with van der Waals surface area (Å²) < 4.78 is 0. The van der Waals surface area contributed by atoms with E-state index in [1.54, 1.807) is 6.07 Å². The van der Waals surface area contributed by atoms with Gasteiger partial charge in [-0.2, -0.15) is 0 Å². The van der Waals surface area contributed by atoms with Crippen LogP contribution >= 0.6 is 12.4 Å². The fourth-order valence-electron chi connectivity index (χ4n) is 0.490. The third kappa shape index (κ3) is 3.57. The summed E-state index contributed by atoms with van der Waals surface area (Å²) in [7, 11) is 0. The number of carbonyl (C=O) groups is 1. The molecule has 0 radical (unpaired) electrons. The molecule has 2 amide bonds. The van der Waals surface area contributed by atoms with Crippen LogP contribution in [0.25, 0.3) is 0 Å². The number of primary amides is 1. The van der Waals surface area contributed by atoms with Gasteiger partial charge in [0.1, 0.15) is 12.1 Å². The first kappa shape index (κ1) is 10.4. The molecule has 0 fully saturated rings. The molecule has 1 aromatic heterocycles. The molecule has 0 unspecified atom stereocenters. The highest BCUT2D eigenvalue weighted by atomic mass is 35.5. The van der Waals surface area contributed by atoms with Crippen LogP contribution in [-0.2, 0) is 0 Å². The highest BCUT2D eigenvalue weighted by Crippen LogP contribution is 1.93. The Labute approximate surface area is 75.0 Å². The van der Waals surface area contributed by atoms with Crippen molar-refractivity contribution in [2.24, 2.45) is 5.73 Å².